The molecular weight excluding hydrogens is 272 g/mol. The van der Waals surface area contributed by atoms with Crippen LogP contribution in [0.1, 0.15) is 56.6 Å². The molecular formula is C16H21ClN2O. The van der Waals surface area contributed by atoms with Crippen molar-refractivity contribution in [1.82, 2.24) is 10.2 Å². The largest absolute Gasteiger partial charge is 0.388 e. The monoisotopic (exact) mass is 292 g/mol. The zero-order valence-corrected chi connectivity index (χ0v) is 12.4. The second-order valence-electron chi connectivity index (χ2n) is 5.93. The third kappa shape index (κ3) is 2.99. The van der Waals surface area contributed by atoms with E-state index in [9.17, 15) is 5.11 Å². The van der Waals surface area contributed by atoms with Gasteiger partial charge in [-0.2, -0.15) is 5.10 Å². The maximum absolute atomic E-state index is 10.5. The lowest BCUT2D eigenvalue weighted by atomic mass is 9.85. The van der Waals surface area contributed by atoms with Crippen molar-refractivity contribution in [2.75, 3.05) is 0 Å². The van der Waals surface area contributed by atoms with Crippen molar-refractivity contribution < 1.29 is 5.11 Å². The molecule has 1 aromatic heterocycles. The summed E-state index contributed by atoms with van der Waals surface area (Å²) < 4.78 is 0. The summed E-state index contributed by atoms with van der Waals surface area (Å²) in [4.78, 5) is 0. The molecule has 108 valence electrons. The minimum atomic E-state index is -0.460. The summed E-state index contributed by atoms with van der Waals surface area (Å²) in [5.74, 6) is 0.787. The number of hydrogen-bond donors (Lipinski definition) is 2. The number of aromatic amines is 1. The van der Waals surface area contributed by atoms with Gasteiger partial charge in [0, 0.05) is 16.0 Å². The molecule has 1 aromatic carbocycles. The fourth-order valence-corrected chi connectivity index (χ4v) is 3.57. The normalized spacial score (nSPS) is 18.5. The summed E-state index contributed by atoms with van der Waals surface area (Å²) in [5, 5.41) is 19.1. The van der Waals surface area contributed by atoms with Gasteiger partial charge in [0.25, 0.3) is 0 Å². The highest BCUT2D eigenvalue weighted by Gasteiger charge is 2.18. The van der Waals surface area contributed by atoms with E-state index < -0.39 is 6.10 Å². The molecule has 0 amide bonds. The second kappa shape index (κ2) is 6.15. The van der Waals surface area contributed by atoms with Gasteiger partial charge < -0.3 is 5.11 Å². The van der Waals surface area contributed by atoms with E-state index in [1.165, 1.54) is 32.1 Å². The molecule has 1 aliphatic carbocycles. The van der Waals surface area contributed by atoms with E-state index >= 15 is 0 Å². The maximum Gasteiger partial charge on any atom is 0.0811 e. The molecule has 3 rings (SSSR count). The van der Waals surface area contributed by atoms with Gasteiger partial charge in [0.1, 0.15) is 0 Å². The number of aliphatic hydroxyl groups is 1. The molecule has 2 N–H and O–H groups in total. The van der Waals surface area contributed by atoms with Gasteiger partial charge in [-0.05, 0) is 30.9 Å². The molecule has 1 aliphatic rings. The SMILES string of the molecule is OC(CCC1CCCCC1)c1cc(Cl)cc2cn[nH]c12. The highest BCUT2D eigenvalue weighted by molar-refractivity contribution is 6.31. The Kier molecular flexibility index (Phi) is 4.27. The number of aromatic nitrogens is 2. The fourth-order valence-electron chi connectivity index (χ4n) is 3.33. The molecule has 1 heterocycles. The minimum absolute atomic E-state index is 0.460. The number of H-pyrrole nitrogens is 1. The first kappa shape index (κ1) is 13.9. The Morgan fingerprint density at radius 3 is 2.90 bits per heavy atom. The van der Waals surface area contributed by atoms with Crippen molar-refractivity contribution in [2.24, 2.45) is 5.92 Å². The number of fused-ring (bicyclic) bond motifs is 1. The Morgan fingerprint density at radius 2 is 2.10 bits per heavy atom. The van der Waals surface area contributed by atoms with Gasteiger partial charge in [-0.1, -0.05) is 43.7 Å². The van der Waals surface area contributed by atoms with Crippen molar-refractivity contribution in [2.45, 2.75) is 51.0 Å². The number of aliphatic hydroxyl groups excluding tert-OH is 1. The zero-order valence-electron chi connectivity index (χ0n) is 11.6. The van der Waals surface area contributed by atoms with Gasteiger partial charge in [-0.3, -0.25) is 5.10 Å². The van der Waals surface area contributed by atoms with Crippen LogP contribution in [-0.4, -0.2) is 15.3 Å². The predicted molar refractivity (Wildman–Crippen MR) is 81.9 cm³/mol. The van der Waals surface area contributed by atoms with Crippen molar-refractivity contribution in [1.29, 1.82) is 0 Å². The zero-order chi connectivity index (χ0) is 13.9. The van der Waals surface area contributed by atoms with Crippen molar-refractivity contribution in [3.63, 3.8) is 0 Å². The van der Waals surface area contributed by atoms with Crippen LogP contribution >= 0.6 is 11.6 Å². The van der Waals surface area contributed by atoms with Crippen molar-refractivity contribution in [3.05, 3.63) is 28.9 Å². The van der Waals surface area contributed by atoms with Crippen LogP contribution in [-0.2, 0) is 0 Å². The van der Waals surface area contributed by atoms with Gasteiger partial charge in [0.2, 0.25) is 0 Å². The number of benzene rings is 1. The van der Waals surface area contributed by atoms with Crippen LogP contribution in [0.2, 0.25) is 5.02 Å². The molecule has 0 bridgehead atoms. The molecule has 0 radical (unpaired) electrons. The van der Waals surface area contributed by atoms with Crippen LogP contribution < -0.4 is 0 Å². The summed E-state index contributed by atoms with van der Waals surface area (Å²) in [6.07, 6.45) is 9.91. The molecule has 0 aliphatic heterocycles. The van der Waals surface area contributed by atoms with Gasteiger partial charge >= 0.3 is 0 Å². The number of halogens is 1. The first-order valence-electron chi connectivity index (χ1n) is 7.54. The lowest BCUT2D eigenvalue weighted by Crippen LogP contribution is -2.08. The smallest absolute Gasteiger partial charge is 0.0811 e. The fraction of sp³-hybridized carbons (Fsp3) is 0.562. The predicted octanol–water partition coefficient (Wildman–Crippen LogP) is 4.61. The van der Waals surface area contributed by atoms with E-state index in [0.717, 1.165) is 35.2 Å². The van der Waals surface area contributed by atoms with Gasteiger partial charge in [-0.25, -0.2) is 0 Å². The Balaban J connectivity index is 1.71. The summed E-state index contributed by atoms with van der Waals surface area (Å²) in [5.41, 5.74) is 1.78. The first-order valence-corrected chi connectivity index (χ1v) is 7.92. The first-order chi connectivity index (χ1) is 9.74. The molecule has 0 saturated heterocycles. The molecule has 1 unspecified atom stereocenters. The van der Waals surface area contributed by atoms with Crippen LogP contribution in [0, 0.1) is 5.92 Å². The number of hydrogen-bond acceptors (Lipinski definition) is 2. The highest BCUT2D eigenvalue weighted by atomic mass is 35.5. The third-order valence-corrected chi connectivity index (χ3v) is 4.69. The van der Waals surface area contributed by atoms with Gasteiger partial charge in [-0.15, -0.1) is 0 Å². The van der Waals surface area contributed by atoms with Crippen molar-refractivity contribution in [3.8, 4) is 0 Å². The number of nitrogens with one attached hydrogen (secondary N) is 1. The summed E-state index contributed by atoms with van der Waals surface area (Å²) in [6.45, 7) is 0. The third-order valence-electron chi connectivity index (χ3n) is 4.48. The van der Waals surface area contributed by atoms with E-state index in [-0.39, 0.29) is 0 Å². The van der Waals surface area contributed by atoms with E-state index in [2.05, 4.69) is 10.2 Å². The Labute approximate surface area is 124 Å². The lowest BCUT2D eigenvalue weighted by Gasteiger charge is -2.22. The standard InChI is InChI=1S/C16H21ClN2O/c17-13-8-12-10-18-19-16(12)14(9-13)15(20)7-6-11-4-2-1-3-5-11/h8-11,15,20H,1-7H2,(H,18,19). The van der Waals surface area contributed by atoms with Gasteiger partial charge in [0.05, 0.1) is 17.8 Å². The molecule has 0 spiro atoms. The van der Waals surface area contributed by atoms with Crippen LogP contribution in [0.5, 0.6) is 0 Å². The van der Waals surface area contributed by atoms with Crippen LogP contribution in [0.15, 0.2) is 18.3 Å². The Morgan fingerprint density at radius 1 is 1.30 bits per heavy atom. The molecule has 1 atom stereocenters. The lowest BCUT2D eigenvalue weighted by molar-refractivity contribution is 0.152. The molecule has 4 heteroatoms. The van der Waals surface area contributed by atoms with Crippen LogP contribution in [0.25, 0.3) is 10.9 Å². The maximum atomic E-state index is 10.5. The summed E-state index contributed by atoms with van der Waals surface area (Å²) >= 11 is 6.12. The molecule has 2 aromatic rings. The minimum Gasteiger partial charge on any atom is -0.388 e. The second-order valence-corrected chi connectivity index (χ2v) is 6.36. The highest BCUT2D eigenvalue weighted by Crippen LogP contribution is 2.33. The van der Waals surface area contributed by atoms with Gasteiger partial charge in [0.15, 0.2) is 0 Å². The Bertz CT molecular complexity index is 575. The topological polar surface area (TPSA) is 48.9 Å². The molecule has 1 saturated carbocycles. The van der Waals surface area contributed by atoms with Crippen LogP contribution in [0.4, 0.5) is 0 Å². The quantitative estimate of drug-likeness (QED) is 0.864. The van der Waals surface area contributed by atoms with E-state index in [0.29, 0.717) is 5.02 Å². The molecule has 3 nitrogen and oxygen atoms in total. The average Bonchev–Trinajstić information content (AvgIpc) is 2.93. The van der Waals surface area contributed by atoms with E-state index in [1.807, 2.05) is 12.1 Å². The number of nitrogens with zero attached hydrogens (tertiary/aromatic N) is 1. The summed E-state index contributed by atoms with van der Waals surface area (Å²) in [6, 6.07) is 3.73. The molecule has 1 fully saturated rings. The Hall–Kier alpha value is -1.06. The molecule has 20 heavy (non-hydrogen) atoms. The average molecular weight is 293 g/mol. The van der Waals surface area contributed by atoms with Crippen LogP contribution in [0.3, 0.4) is 0 Å². The number of rotatable bonds is 4. The summed E-state index contributed by atoms with van der Waals surface area (Å²) in [7, 11) is 0. The van der Waals surface area contributed by atoms with E-state index in [1.54, 1.807) is 6.20 Å². The van der Waals surface area contributed by atoms with E-state index in [4.69, 9.17) is 11.6 Å². The van der Waals surface area contributed by atoms with Crippen molar-refractivity contribution >= 4 is 22.5 Å².